The van der Waals surface area contributed by atoms with Gasteiger partial charge in [-0.05, 0) is 11.8 Å². The van der Waals surface area contributed by atoms with Gasteiger partial charge in [0.25, 0.3) is 0 Å². The summed E-state index contributed by atoms with van der Waals surface area (Å²) in [5.41, 5.74) is 0.461. The maximum absolute atomic E-state index is 4.28. The van der Waals surface area contributed by atoms with Crippen molar-refractivity contribution in [3.05, 3.63) is 10.0 Å². The fourth-order valence-electron chi connectivity index (χ4n) is 1.66. The van der Waals surface area contributed by atoms with Crippen LogP contribution in [0.4, 0.5) is 0 Å². The molecule has 4 heteroatoms. The van der Waals surface area contributed by atoms with E-state index < -0.39 is 0 Å². The molecule has 3 nitrogen and oxygen atoms in total. The Morgan fingerprint density at radius 1 is 1.47 bits per heavy atom. The Morgan fingerprint density at radius 2 is 2.13 bits per heavy atom. The van der Waals surface area contributed by atoms with Crippen molar-refractivity contribution < 1.29 is 0 Å². The maximum atomic E-state index is 4.28. The monoisotopic (exact) mass is 225 g/mol. The summed E-state index contributed by atoms with van der Waals surface area (Å²) in [4.78, 5) is 0. The highest BCUT2D eigenvalue weighted by Crippen LogP contribution is 2.58. The Morgan fingerprint density at radius 3 is 2.67 bits per heavy atom. The van der Waals surface area contributed by atoms with Crippen molar-refractivity contribution >= 4 is 11.3 Å². The average molecular weight is 225 g/mol. The highest BCUT2D eigenvalue weighted by Gasteiger charge is 2.48. The zero-order chi connectivity index (χ0) is 11.1. The fourth-order valence-corrected chi connectivity index (χ4v) is 2.76. The fraction of sp³-hybridized carbons (Fsp3) is 0.818. The Labute approximate surface area is 95.3 Å². The number of nitrogens with zero attached hydrogens (tertiary/aromatic N) is 2. The predicted molar refractivity (Wildman–Crippen MR) is 63.0 cm³/mol. The van der Waals surface area contributed by atoms with Crippen LogP contribution in [0.1, 0.15) is 50.0 Å². The van der Waals surface area contributed by atoms with Gasteiger partial charge in [0.2, 0.25) is 0 Å². The zero-order valence-corrected chi connectivity index (χ0v) is 10.7. The summed E-state index contributed by atoms with van der Waals surface area (Å²) in [5, 5.41) is 14.2. The van der Waals surface area contributed by atoms with Crippen molar-refractivity contribution in [3.8, 4) is 0 Å². The molecule has 0 radical (unpaired) electrons. The quantitative estimate of drug-likeness (QED) is 0.855. The first-order valence-electron chi connectivity index (χ1n) is 5.55. The smallest absolute Gasteiger partial charge is 0.131 e. The standard InChI is InChI=1S/C11H19N3S/c1-7(2)12-6-9-13-14-10(15-9)8-5-11(8,3)4/h7-8,12H,5-6H2,1-4H3. The first-order valence-corrected chi connectivity index (χ1v) is 6.36. The van der Waals surface area contributed by atoms with Crippen molar-refractivity contribution in [1.82, 2.24) is 15.5 Å². The minimum Gasteiger partial charge on any atom is -0.308 e. The summed E-state index contributed by atoms with van der Waals surface area (Å²) in [5.74, 6) is 0.655. The molecule has 1 aliphatic rings. The number of hydrogen-bond donors (Lipinski definition) is 1. The van der Waals surface area contributed by atoms with Crippen LogP contribution in [0, 0.1) is 5.41 Å². The average Bonchev–Trinajstić information content (AvgIpc) is 2.63. The molecule has 0 saturated heterocycles. The lowest BCUT2D eigenvalue weighted by molar-refractivity contribution is 0.584. The number of nitrogens with one attached hydrogen (secondary N) is 1. The second-order valence-corrected chi connectivity index (χ2v) is 6.41. The molecule has 0 amide bonds. The van der Waals surface area contributed by atoms with Crippen LogP contribution in [0.5, 0.6) is 0 Å². The Balaban J connectivity index is 1.93. The minimum atomic E-state index is 0.461. The van der Waals surface area contributed by atoms with Crippen LogP contribution in [0.2, 0.25) is 0 Å². The van der Waals surface area contributed by atoms with Gasteiger partial charge < -0.3 is 5.32 Å². The molecule has 1 N–H and O–H groups in total. The third-order valence-corrected chi connectivity index (χ3v) is 3.99. The number of rotatable bonds is 4. The molecule has 0 aromatic carbocycles. The van der Waals surface area contributed by atoms with Crippen LogP contribution in [0.3, 0.4) is 0 Å². The van der Waals surface area contributed by atoms with Crippen LogP contribution in [0.25, 0.3) is 0 Å². The van der Waals surface area contributed by atoms with Crippen molar-refractivity contribution in [2.45, 2.75) is 52.6 Å². The molecule has 84 valence electrons. The molecule has 0 aliphatic heterocycles. The molecule has 0 spiro atoms. The number of hydrogen-bond acceptors (Lipinski definition) is 4. The summed E-state index contributed by atoms with van der Waals surface area (Å²) in [6.45, 7) is 9.73. The summed E-state index contributed by atoms with van der Waals surface area (Å²) in [6.07, 6.45) is 1.26. The van der Waals surface area contributed by atoms with Crippen LogP contribution in [-0.2, 0) is 6.54 Å². The van der Waals surface area contributed by atoms with E-state index in [0.29, 0.717) is 17.4 Å². The second-order valence-electron chi connectivity index (χ2n) is 5.31. The molecule has 1 aromatic heterocycles. The van der Waals surface area contributed by atoms with E-state index in [0.717, 1.165) is 11.6 Å². The lowest BCUT2D eigenvalue weighted by Crippen LogP contribution is -2.21. The van der Waals surface area contributed by atoms with Crippen LogP contribution in [0.15, 0.2) is 0 Å². The molecule has 2 rings (SSSR count). The normalized spacial score (nSPS) is 23.4. The summed E-state index contributed by atoms with van der Waals surface area (Å²) < 4.78 is 0. The van der Waals surface area contributed by atoms with E-state index in [-0.39, 0.29) is 0 Å². The molecule has 1 fully saturated rings. The van der Waals surface area contributed by atoms with Crippen LogP contribution >= 0.6 is 11.3 Å². The lowest BCUT2D eigenvalue weighted by Gasteiger charge is -2.03. The molecular weight excluding hydrogens is 206 g/mol. The third-order valence-electron chi connectivity index (χ3n) is 2.96. The van der Waals surface area contributed by atoms with Gasteiger partial charge in [-0.1, -0.05) is 39.0 Å². The maximum Gasteiger partial charge on any atom is 0.131 e. The van der Waals surface area contributed by atoms with Gasteiger partial charge in [0, 0.05) is 18.5 Å². The van der Waals surface area contributed by atoms with E-state index in [1.165, 1.54) is 11.4 Å². The molecule has 1 atom stereocenters. The summed E-state index contributed by atoms with van der Waals surface area (Å²) >= 11 is 1.76. The van der Waals surface area contributed by atoms with Crippen molar-refractivity contribution in [1.29, 1.82) is 0 Å². The van der Waals surface area contributed by atoms with Gasteiger partial charge in [0.15, 0.2) is 0 Å². The highest BCUT2D eigenvalue weighted by molar-refractivity contribution is 7.11. The summed E-state index contributed by atoms with van der Waals surface area (Å²) in [6, 6.07) is 0.509. The molecule has 0 bridgehead atoms. The van der Waals surface area contributed by atoms with Crippen molar-refractivity contribution in [2.24, 2.45) is 5.41 Å². The highest BCUT2D eigenvalue weighted by atomic mass is 32.1. The minimum absolute atomic E-state index is 0.461. The zero-order valence-electron chi connectivity index (χ0n) is 9.87. The summed E-state index contributed by atoms with van der Waals surface area (Å²) in [7, 11) is 0. The molecule has 1 aliphatic carbocycles. The largest absolute Gasteiger partial charge is 0.308 e. The van der Waals surface area contributed by atoms with Gasteiger partial charge >= 0.3 is 0 Å². The van der Waals surface area contributed by atoms with Gasteiger partial charge in [-0.2, -0.15) is 0 Å². The van der Waals surface area contributed by atoms with Gasteiger partial charge in [-0.25, -0.2) is 0 Å². The van der Waals surface area contributed by atoms with E-state index in [2.05, 4.69) is 43.2 Å². The van der Waals surface area contributed by atoms with Gasteiger partial charge in [-0.3, -0.25) is 0 Å². The molecule has 1 unspecified atom stereocenters. The van der Waals surface area contributed by atoms with Crippen LogP contribution < -0.4 is 5.32 Å². The molecule has 1 saturated carbocycles. The predicted octanol–water partition coefficient (Wildman–Crippen LogP) is 2.55. The van der Waals surface area contributed by atoms with Gasteiger partial charge in [-0.15, -0.1) is 10.2 Å². The van der Waals surface area contributed by atoms with Gasteiger partial charge in [0.05, 0.1) is 0 Å². The molecule has 1 heterocycles. The van der Waals surface area contributed by atoms with Crippen molar-refractivity contribution in [2.75, 3.05) is 0 Å². The molecule has 15 heavy (non-hydrogen) atoms. The van der Waals surface area contributed by atoms with E-state index in [4.69, 9.17) is 0 Å². The van der Waals surface area contributed by atoms with E-state index in [9.17, 15) is 0 Å². The van der Waals surface area contributed by atoms with Crippen molar-refractivity contribution in [3.63, 3.8) is 0 Å². The molecule has 1 aromatic rings. The van der Waals surface area contributed by atoms with Crippen LogP contribution in [-0.4, -0.2) is 16.2 Å². The Bertz CT molecular complexity index is 343. The lowest BCUT2D eigenvalue weighted by atomic mass is 10.1. The third kappa shape index (κ3) is 2.55. The second kappa shape index (κ2) is 3.83. The van der Waals surface area contributed by atoms with Gasteiger partial charge in [0.1, 0.15) is 10.0 Å². The van der Waals surface area contributed by atoms with E-state index >= 15 is 0 Å². The SMILES string of the molecule is CC(C)NCc1nnc(C2CC2(C)C)s1. The Kier molecular flexibility index (Phi) is 2.81. The van der Waals surface area contributed by atoms with E-state index in [1.54, 1.807) is 11.3 Å². The first-order chi connectivity index (χ1) is 6.99. The Hall–Kier alpha value is -0.480. The topological polar surface area (TPSA) is 37.8 Å². The number of aromatic nitrogens is 2. The molecular formula is C11H19N3S. The van der Waals surface area contributed by atoms with E-state index in [1.807, 2.05) is 0 Å². The first kappa shape index (κ1) is 11.0.